The SMILES string of the molecule is CCC(C)c1ccccc1NS(=O)(=O)c1ccc(C(C)C)cc1. The van der Waals surface area contributed by atoms with Gasteiger partial charge < -0.3 is 0 Å². The second kappa shape index (κ2) is 7.18. The van der Waals surface area contributed by atoms with Gasteiger partial charge in [-0.3, -0.25) is 4.72 Å². The average Bonchev–Trinajstić information content (AvgIpc) is 2.54. The Morgan fingerprint density at radius 1 is 0.957 bits per heavy atom. The quantitative estimate of drug-likeness (QED) is 0.798. The van der Waals surface area contributed by atoms with Crippen LogP contribution in [0.3, 0.4) is 0 Å². The van der Waals surface area contributed by atoms with Gasteiger partial charge in [0.25, 0.3) is 10.0 Å². The number of hydrogen-bond donors (Lipinski definition) is 1. The molecule has 0 spiro atoms. The highest BCUT2D eigenvalue weighted by molar-refractivity contribution is 7.92. The molecule has 0 bridgehead atoms. The van der Waals surface area contributed by atoms with Crippen LogP contribution in [-0.4, -0.2) is 8.42 Å². The van der Waals surface area contributed by atoms with Crippen LogP contribution in [0.15, 0.2) is 53.4 Å². The maximum atomic E-state index is 12.6. The van der Waals surface area contributed by atoms with E-state index in [4.69, 9.17) is 0 Å². The van der Waals surface area contributed by atoms with Gasteiger partial charge in [-0.25, -0.2) is 8.42 Å². The second-order valence-corrected chi connectivity index (χ2v) is 7.91. The first-order valence-corrected chi connectivity index (χ1v) is 9.55. The molecule has 0 fully saturated rings. The molecule has 1 atom stereocenters. The molecule has 3 nitrogen and oxygen atoms in total. The number of anilines is 1. The molecule has 0 aliphatic heterocycles. The molecule has 4 heteroatoms. The zero-order valence-corrected chi connectivity index (χ0v) is 15.0. The highest BCUT2D eigenvalue weighted by atomic mass is 32.2. The van der Waals surface area contributed by atoms with Crippen molar-refractivity contribution in [3.8, 4) is 0 Å². The number of rotatable bonds is 6. The minimum Gasteiger partial charge on any atom is -0.279 e. The summed E-state index contributed by atoms with van der Waals surface area (Å²) in [5, 5.41) is 0. The number of benzene rings is 2. The number of hydrogen-bond acceptors (Lipinski definition) is 2. The molecule has 2 aromatic rings. The molecular weight excluding hydrogens is 306 g/mol. The summed E-state index contributed by atoms with van der Waals surface area (Å²) in [6.45, 7) is 8.37. The molecule has 1 N–H and O–H groups in total. The highest BCUT2D eigenvalue weighted by Gasteiger charge is 2.17. The molecule has 0 aliphatic rings. The monoisotopic (exact) mass is 331 g/mol. The molecule has 0 amide bonds. The molecule has 2 aromatic carbocycles. The van der Waals surface area contributed by atoms with Gasteiger partial charge in [-0.05, 0) is 47.6 Å². The third-order valence-electron chi connectivity index (χ3n) is 4.21. The third-order valence-corrected chi connectivity index (χ3v) is 5.59. The Kier molecular flexibility index (Phi) is 5.47. The van der Waals surface area contributed by atoms with E-state index in [-0.39, 0.29) is 0 Å². The van der Waals surface area contributed by atoms with Crippen LogP contribution in [0, 0.1) is 0 Å². The fourth-order valence-corrected chi connectivity index (χ4v) is 3.56. The number of sulfonamides is 1. The van der Waals surface area contributed by atoms with Crippen LogP contribution in [-0.2, 0) is 10.0 Å². The number of nitrogens with one attached hydrogen (secondary N) is 1. The molecule has 124 valence electrons. The first-order chi connectivity index (χ1) is 10.8. The van der Waals surface area contributed by atoms with Crippen LogP contribution in [0.5, 0.6) is 0 Å². The Balaban J connectivity index is 2.32. The van der Waals surface area contributed by atoms with E-state index in [1.807, 2.05) is 36.4 Å². The fourth-order valence-electron chi connectivity index (χ4n) is 2.48. The first kappa shape index (κ1) is 17.5. The topological polar surface area (TPSA) is 46.2 Å². The lowest BCUT2D eigenvalue weighted by atomic mass is 9.97. The molecule has 0 aliphatic carbocycles. The van der Waals surface area contributed by atoms with Crippen LogP contribution < -0.4 is 4.72 Å². The van der Waals surface area contributed by atoms with Gasteiger partial charge in [0.15, 0.2) is 0 Å². The Morgan fingerprint density at radius 3 is 2.13 bits per heavy atom. The number of para-hydroxylation sites is 1. The van der Waals surface area contributed by atoms with E-state index in [1.165, 1.54) is 0 Å². The smallest absolute Gasteiger partial charge is 0.261 e. The lowest BCUT2D eigenvalue weighted by molar-refractivity contribution is 0.601. The summed E-state index contributed by atoms with van der Waals surface area (Å²) in [6.07, 6.45) is 0.960. The Morgan fingerprint density at radius 2 is 1.57 bits per heavy atom. The van der Waals surface area contributed by atoms with Gasteiger partial charge in [0.1, 0.15) is 0 Å². The molecule has 0 radical (unpaired) electrons. The summed E-state index contributed by atoms with van der Waals surface area (Å²) in [5.41, 5.74) is 2.82. The summed E-state index contributed by atoms with van der Waals surface area (Å²) in [4.78, 5) is 0.292. The summed E-state index contributed by atoms with van der Waals surface area (Å²) in [5.74, 6) is 0.683. The zero-order chi connectivity index (χ0) is 17.0. The van der Waals surface area contributed by atoms with Crippen molar-refractivity contribution in [1.29, 1.82) is 0 Å². The minimum atomic E-state index is -3.57. The summed E-state index contributed by atoms with van der Waals surface area (Å²) < 4.78 is 28.0. The standard InChI is InChI=1S/C19H25NO2S/c1-5-15(4)18-8-6-7-9-19(18)20-23(21,22)17-12-10-16(11-13-17)14(2)3/h6-15,20H,5H2,1-4H3. The van der Waals surface area contributed by atoms with Crippen LogP contribution in [0.4, 0.5) is 5.69 Å². The van der Waals surface area contributed by atoms with Crippen LogP contribution >= 0.6 is 0 Å². The van der Waals surface area contributed by atoms with Crippen molar-refractivity contribution in [3.05, 3.63) is 59.7 Å². The van der Waals surface area contributed by atoms with Crippen molar-refractivity contribution >= 4 is 15.7 Å². The summed E-state index contributed by atoms with van der Waals surface area (Å²) in [7, 11) is -3.57. The van der Waals surface area contributed by atoms with Gasteiger partial charge in [0.2, 0.25) is 0 Å². The van der Waals surface area contributed by atoms with E-state index >= 15 is 0 Å². The molecule has 1 unspecified atom stereocenters. The van der Waals surface area contributed by atoms with Gasteiger partial charge in [0, 0.05) is 0 Å². The minimum absolute atomic E-state index is 0.292. The first-order valence-electron chi connectivity index (χ1n) is 8.07. The van der Waals surface area contributed by atoms with E-state index < -0.39 is 10.0 Å². The van der Waals surface area contributed by atoms with Crippen molar-refractivity contribution < 1.29 is 8.42 Å². The Bertz CT molecular complexity index is 749. The molecule has 0 saturated carbocycles. The van der Waals surface area contributed by atoms with Crippen LogP contribution in [0.25, 0.3) is 0 Å². The predicted octanol–water partition coefficient (Wildman–Crippen LogP) is 5.12. The van der Waals surface area contributed by atoms with Crippen molar-refractivity contribution in [2.45, 2.75) is 50.8 Å². The van der Waals surface area contributed by atoms with Gasteiger partial charge in [-0.1, -0.05) is 58.0 Å². The lowest BCUT2D eigenvalue weighted by Gasteiger charge is -2.16. The third kappa shape index (κ3) is 4.14. The predicted molar refractivity (Wildman–Crippen MR) is 96.5 cm³/mol. The fraction of sp³-hybridized carbons (Fsp3) is 0.368. The Hall–Kier alpha value is -1.81. The van der Waals surface area contributed by atoms with E-state index in [9.17, 15) is 8.42 Å². The van der Waals surface area contributed by atoms with Gasteiger partial charge in [-0.2, -0.15) is 0 Å². The van der Waals surface area contributed by atoms with E-state index in [0.717, 1.165) is 17.5 Å². The van der Waals surface area contributed by atoms with Gasteiger partial charge in [0.05, 0.1) is 10.6 Å². The van der Waals surface area contributed by atoms with E-state index in [2.05, 4.69) is 32.4 Å². The Labute approximate surface area is 139 Å². The van der Waals surface area contributed by atoms with Gasteiger partial charge in [-0.15, -0.1) is 0 Å². The molecule has 0 heterocycles. The molecule has 2 rings (SSSR count). The summed E-state index contributed by atoms with van der Waals surface area (Å²) in [6, 6.07) is 14.7. The highest BCUT2D eigenvalue weighted by Crippen LogP contribution is 2.28. The zero-order valence-electron chi connectivity index (χ0n) is 14.2. The summed E-state index contributed by atoms with van der Waals surface area (Å²) >= 11 is 0. The molecule has 0 saturated heterocycles. The largest absolute Gasteiger partial charge is 0.279 e. The average molecular weight is 331 g/mol. The second-order valence-electron chi connectivity index (χ2n) is 6.23. The van der Waals surface area contributed by atoms with Crippen LogP contribution in [0.1, 0.15) is 57.1 Å². The van der Waals surface area contributed by atoms with Crippen molar-refractivity contribution in [2.24, 2.45) is 0 Å². The van der Waals surface area contributed by atoms with E-state index in [0.29, 0.717) is 22.4 Å². The maximum absolute atomic E-state index is 12.6. The van der Waals surface area contributed by atoms with Crippen molar-refractivity contribution in [2.75, 3.05) is 4.72 Å². The van der Waals surface area contributed by atoms with E-state index in [1.54, 1.807) is 12.1 Å². The van der Waals surface area contributed by atoms with Crippen molar-refractivity contribution in [1.82, 2.24) is 0 Å². The van der Waals surface area contributed by atoms with Crippen molar-refractivity contribution in [3.63, 3.8) is 0 Å². The van der Waals surface area contributed by atoms with Gasteiger partial charge >= 0.3 is 0 Å². The molecular formula is C19H25NO2S. The maximum Gasteiger partial charge on any atom is 0.261 e. The van der Waals surface area contributed by atoms with Crippen LogP contribution in [0.2, 0.25) is 0 Å². The molecule has 0 aromatic heterocycles. The molecule has 23 heavy (non-hydrogen) atoms. The normalized spacial score (nSPS) is 13.1. The lowest BCUT2D eigenvalue weighted by Crippen LogP contribution is -2.14.